The number of nitrogens with one attached hydrogen (secondary N) is 2. The average molecular weight is 496 g/mol. The Hall–Kier alpha value is -3.04. The summed E-state index contributed by atoms with van der Waals surface area (Å²) in [6, 6.07) is 19.2. The van der Waals surface area contributed by atoms with Crippen LogP contribution in [0.3, 0.4) is 0 Å². The van der Waals surface area contributed by atoms with Gasteiger partial charge in [-0.25, -0.2) is 18.7 Å². The monoisotopic (exact) mass is 495 g/mol. The Balaban J connectivity index is 1.45. The number of nitrogens with zero attached hydrogens (tertiary/aromatic N) is 3. The maximum atomic E-state index is 14.6. The second-order valence-electron chi connectivity index (χ2n) is 9.45. The Morgan fingerprint density at radius 1 is 1.17 bits per heavy atom. The van der Waals surface area contributed by atoms with Crippen LogP contribution in [0, 0.1) is 11.7 Å². The van der Waals surface area contributed by atoms with Gasteiger partial charge in [0.25, 0.3) is 5.91 Å². The van der Waals surface area contributed by atoms with Crippen LogP contribution in [0.5, 0.6) is 0 Å². The number of hydrogen-bond acceptors (Lipinski definition) is 6. The van der Waals surface area contributed by atoms with E-state index in [2.05, 4.69) is 32.7 Å². The van der Waals surface area contributed by atoms with Gasteiger partial charge in [-0.3, -0.25) is 10.1 Å². The van der Waals surface area contributed by atoms with Gasteiger partial charge in [-0.15, -0.1) is 11.8 Å². The molecule has 182 valence electrons. The van der Waals surface area contributed by atoms with Crippen LogP contribution in [0.15, 0.2) is 66.9 Å². The van der Waals surface area contributed by atoms with Gasteiger partial charge in [-0.05, 0) is 31.5 Å². The molecule has 3 atom stereocenters. The van der Waals surface area contributed by atoms with Crippen LogP contribution in [-0.2, 0) is 11.2 Å². The number of anilines is 1. The van der Waals surface area contributed by atoms with Gasteiger partial charge in [0.2, 0.25) is 5.95 Å². The lowest BCUT2D eigenvalue weighted by Gasteiger charge is -2.43. The highest BCUT2D eigenvalue weighted by atomic mass is 32.2. The van der Waals surface area contributed by atoms with Gasteiger partial charge < -0.3 is 10.2 Å². The van der Waals surface area contributed by atoms with Crippen molar-refractivity contribution < 1.29 is 13.6 Å². The molecule has 2 aliphatic rings. The van der Waals surface area contributed by atoms with Gasteiger partial charge in [0.1, 0.15) is 16.9 Å². The molecular formula is C26H27F2N5OS. The maximum absolute atomic E-state index is 14.6. The zero-order valence-electron chi connectivity index (χ0n) is 19.5. The fourth-order valence-corrected chi connectivity index (χ4v) is 6.16. The summed E-state index contributed by atoms with van der Waals surface area (Å²) in [6.07, 6.45) is 1.04. The van der Waals surface area contributed by atoms with E-state index in [-0.39, 0.29) is 23.0 Å². The number of hydrogen-bond donors (Lipinski definition) is 2. The number of benzene rings is 2. The lowest BCUT2D eigenvalue weighted by Crippen LogP contribution is -2.61. The van der Waals surface area contributed by atoms with E-state index < -0.39 is 17.0 Å². The number of fused-ring (bicyclic) bond motifs is 1. The van der Waals surface area contributed by atoms with Crippen molar-refractivity contribution >= 4 is 23.6 Å². The molecule has 5 rings (SSSR count). The first kappa shape index (κ1) is 23.7. The molecular weight excluding hydrogens is 468 g/mol. The lowest BCUT2D eigenvalue weighted by molar-refractivity contribution is 0.0933. The Morgan fingerprint density at radius 2 is 1.86 bits per heavy atom. The van der Waals surface area contributed by atoms with E-state index in [9.17, 15) is 13.6 Å². The molecule has 6 nitrogen and oxygen atoms in total. The Kier molecular flexibility index (Phi) is 6.23. The number of carbonyl (C=O) groups excluding carboxylic acids is 1. The third-order valence-corrected chi connectivity index (χ3v) is 7.76. The molecule has 3 heterocycles. The summed E-state index contributed by atoms with van der Waals surface area (Å²) < 4.78 is 28.9. The maximum Gasteiger partial charge on any atom is 0.253 e. The molecule has 0 radical (unpaired) electrons. The standard InChI is InChI=1S/C26H27F2N5OS/c1-25(2,28)21-20(27)13-29-23(30-21)33-14-19-15-35-24(31-22(34)17-9-5-3-6-10-17)32-26(19,16-33)18-11-7-4-8-12-18/h3-13,19,24,32H,14-16H2,1-2H3,(H,31,34)/t19-,24?,26+/m0/s1. The van der Waals surface area contributed by atoms with E-state index in [4.69, 9.17) is 0 Å². The Bertz CT molecular complexity index is 1210. The molecule has 0 spiro atoms. The number of rotatable bonds is 5. The van der Waals surface area contributed by atoms with Crippen molar-refractivity contribution in [2.45, 2.75) is 30.6 Å². The summed E-state index contributed by atoms with van der Waals surface area (Å²) >= 11 is 1.63. The Labute approximate surface area is 207 Å². The second-order valence-corrected chi connectivity index (χ2v) is 10.6. The van der Waals surface area contributed by atoms with Crippen molar-refractivity contribution in [2.24, 2.45) is 5.92 Å². The van der Waals surface area contributed by atoms with Crippen molar-refractivity contribution in [3.05, 3.63) is 89.5 Å². The molecule has 1 aromatic heterocycles. The molecule has 3 aromatic rings. The van der Waals surface area contributed by atoms with E-state index in [0.717, 1.165) is 17.5 Å². The number of aromatic nitrogens is 2. The minimum absolute atomic E-state index is 0.149. The summed E-state index contributed by atoms with van der Waals surface area (Å²) in [6.45, 7) is 3.69. The molecule has 35 heavy (non-hydrogen) atoms. The molecule has 0 saturated carbocycles. The first-order valence-electron chi connectivity index (χ1n) is 11.5. The van der Waals surface area contributed by atoms with Crippen molar-refractivity contribution in [3.8, 4) is 0 Å². The highest BCUT2D eigenvalue weighted by molar-refractivity contribution is 7.99. The smallest absolute Gasteiger partial charge is 0.253 e. The second kappa shape index (κ2) is 9.20. The molecule has 0 bridgehead atoms. The van der Waals surface area contributed by atoms with Crippen LogP contribution >= 0.6 is 11.8 Å². The fourth-order valence-electron chi connectivity index (χ4n) is 4.86. The van der Waals surface area contributed by atoms with Crippen LogP contribution in [-0.4, -0.2) is 40.2 Å². The number of thioether (sulfide) groups is 1. The predicted molar refractivity (Wildman–Crippen MR) is 133 cm³/mol. The normalized spacial score (nSPS) is 24.2. The highest BCUT2D eigenvalue weighted by Gasteiger charge is 2.52. The predicted octanol–water partition coefficient (Wildman–Crippen LogP) is 4.20. The van der Waals surface area contributed by atoms with Crippen molar-refractivity contribution in [2.75, 3.05) is 23.7 Å². The van der Waals surface area contributed by atoms with Gasteiger partial charge in [-0.1, -0.05) is 48.5 Å². The zero-order valence-corrected chi connectivity index (χ0v) is 20.4. The Morgan fingerprint density at radius 3 is 2.54 bits per heavy atom. The van der Waals surface area contributed by atoms with E-state index in [0.29, 0.717) is 24.6 Å². The molecule has 2 fully saturated rings. The van der Waals surface area contributed by atoms with Gasteiger partial charge in [-0.2, -0.15) is 0 Å². The van der Waals surface area contributed by atoms with E-state index >= 15 is 0 Å². The fraction of sp³-hybridized carbons (Fsp3) is 0.346. The van der Waals surface area contributed by atoms with Gasteiger partial charge in [0.05, 0.1) is 11.7 Å². The minimum Gasteiger partial charge on any atom is -0.338 e. The minimum atomic E-state index is -1.92. The molecule has 0 aliphatic carbocycles. The SMILES string of the molecule is CC(C)(F)c1nc(N2C[C@H]3CSC(NC(=O)c4ccccc4)N[C@@]3(c3ccccc3)C2)ncc1F. The summed E-state index contributed by atoms with van der Waals surface area (Å²) in [5.74, 6) is 0.335. The molecule has 9 heteroatoms. The summed E-state index contributed by atoms with van der Waals surface area (Å²) in [7, 11) is 0. The summed E-state index contributed by atoms with van der Waals surface area (Å²) in [5.41, 5.74) is -1.30. The van der Waals surface area contributed by atoms with Crippen LogP contribution in [0.25, 0.3) is 0 Å². The highest BCUT2D eigenvalue weighted by Crippen LogP contribution is 2.44. The molecule has 2 aromatic carbocycles. The number of amides is 1. The van der Waals surface area contributed by atoms with Crippen LogP contribution in [0.1, 0.15) is 35.5 Å². The molecule has 1 amide bonds. The summed E-state index contributed by atoms with van der Waals surface area (Å²) in [5, 5.41) is 6.78. The molecule has 1 unspecified atom stereocenters. The topological polar surface area (TPSA) is 70.2 Å². The van der Waals surface area contributed by atoms with Crippen LogP contribution in [0.4, 0.5) is 14.7 Å². The quantitative estimate of drug-likeness (QED) is 0.553. The zero-order chi connectivity index (χ0) is 24.6. The summed E-state index contributed by atoms with van der Waals surface area (Å²) in [4.78, 5) is 23.3. The van der Waals surface area contributed by atoms with Gasteiger partial charge in [0, 0.05) is 30.3 Å². The van der Waals surface area contributed by atoms with E-state index in [1.54, 1.807) is 23.9 Å². The van der Waals surface area contributed by atoms with Gasteiger partial charge in [0.15, 0.2) is 5.82 Å². The van der Waals surface area contributed by atoms with Crippen molar-refractivity contribution in [3.63, 3.8) is 0 Å². The lowest BCUT2D eigenvalue weighted by atomic mass is 9.81. The van der Waals surface area contributed by atoms with Crippen molar-refractivity contribution in [1.29, 1.82) is 0 Å². The van der Waals surface area contributed by atoms with E-state index in [1.807, 2.05) is 41.3 Å². The third kappa shape index (κ3) is 4.62. The molecule has 2 saturated heterocycles. The van der Waals surface area contributed by atoms with Crippen molar-refractivity contribution in [1.82, 2.24) is 20.6 Å². The molecule has 2 N–H and O–H groups in total. The molecule has 2 aliphatic heterocycles. The largest absolute Gasteiger partial charge is 0.338 e. The van der Waals surface area contributed by atoms with Crippen LogP contribution < -0.4 is 15.5 Å². The van der Waals surface area contributed by atoms with E-state index in [1.165, 1.54) is 13.8 Å². The average Bonchev–Trinajstić information content (AvgIpc) is 3.25. The third-order valence-electron chi connectivity index (χ3n) is 6.60. The van der Waals surface area contributed by atoms with Gasteiger partial charge >= 0.3 is 0 Å². The van der Waals surface area contributed by atoms with Crippen LogP contribution in [0.2, 0.25) is 0 Å². The number of carbonyl (C=O) groups is 1. The first-order valence-corrected chi connectivity index (χ1v) is 12.6. The number of halogens is 2. The number of alkyl halides is 1. The first-order chi connectivity index (χ1) is 16.8.